The van der Waals surface area contributed by atoms with E-state index in [4.69, 9.17) is 4.74 Å². The number of esters is 1. The molecule has 0 aliphatic rings. The Morgan fingerprint density at radius 3 is 1.28 bits per heavy atom. The van der Waals surface area contributed by atoms with Crippen LogP contribution in [0.15, 0.2) is 103 Å². The van der Waals surface area contributed by atoms with E-state index in [1.165, 1.54) is 0 Å². The Balaban J connectivity index is 1.89. The van der Waals surface area contributed by atoms with E-state index in [2.05, 4.69) is 41.5 Å². The molecule has 4 rings (SSSR count). The number of hydrogen-bond acceptors (Lipinski definition) is 3. The van der Waals surface area contributed by atoms with Gasteiger partial charge in [-0.25, -0.2) is 0 Å². The van der Waals surface area contributed by atoms with E-state index in [1.807, 2.05) is 110 Å². The van der Waals surface area contributed by atoms with Crippen LogP contribution in [0.5, 0.6) is 5.75 Å². The van der Waals surface area contributed by atoms with E-state index in [0.29, 0.717) is 5.75 Å². The number of carbonyl (C=O) groups excluding carboxylic acids is 1. The van der Waals surface area contributed by atoms with Gasteiger partial charge in [-0.15, -0.1) is 0 Å². The van der Waals surface area contributed by atoms with Crippen molar-refractivity contribution >= 4 is 5.97 Å². The van der Waals surface area contributed by atoms with Gasteiger partial charge in [0.1, 0.15) is 5.75 Å². The normalized spacial score (nSPS) is 13.1. The molecule has 0 fully saturated rings. The molecule has 39 heavy (non-hydrogen) atoms. The van der Waals surface area contributed by atoms with Gasteiger partial charge in [0.2, 0.25) is 0 Å². The summed E-state index contributed by atoms with van der Waals surface area (Å²) < 4.78 is 6.69. The highest BCUT2D eigenvalue weighted by Crippen LogP contribution is 2.44. The van der Waals surface area contributed by atoms with Gasteiger partial charge in [0.15, 0.2) is 5.60 Å². The van der Waals surface area contributed by atoms with Crippen LogP contribution in [0.1, 0.15) is 87.8 Å². The van der Waals surface area contributed by atoms with Crippen molar-refractivity contribution in [2.24, 2.45) is 0 Å². The van der Waals surface area contributed by atoms with Crippen molar-refractivity contribution < 1.29 is 14.6 Å². The van der Waals surface area contributed by atoms with Crippen LogP contribution in [0, 0.1) is 0 Å². The summed E-state index contributed by atoms with van der Waals surface area (Å²) in [5, 5.41) is 11.2. The zero-order chi connectivity index (χ0) is 28.4. The summed E-state index contributed by atoms with van der Waals surface area (Å²) in [7, 11) is 0. The van der Waals surface area contributed by atoms with E-state index in [-0.39, 0.29) is 16.8 Å². The molecule has 1 unspecified atom stereocenters. The Kier molecular flexibility index (Phi) is 7.75. The molecule has 3 nitrogen and oxygen atoms in total. The van der Waals surface area contributed by atoms with E-state index in [1.54, 1.807) is 0 Å². The summed E-state index contributed by atoms with van der Waals surface area (Å²) in [5.41, 5.74) is 3.37. The zero-order valence-electron chi connectivity index (χ0n) is 24.2. The van der Waals surface area contributed by atoms with Gasteiger partial charge in [-0.3, -0.25) is 4.79 Å². The second kappa shape index (κ2) is 10.7. The van der Waals surface area contributed by atoms with Crippen LogP contribution >= 0.6 is 0 Å². The second-order valence-electron chi connectivity index (χ2n) is 12.4. The maximum absolute atomic E-state index is 14.2. The van der Waals surface area contributed by atoms with Crippen LogP contribution in [0.4, 0.5) is 0 Å². The fraction of sp³-hybridized carbons (Fsp3) is 0.306. The number of phenolic OH excluding ortho intramolecular Hbond substituents is 1. The molecule has 0 aliphatic heterocycles. The molecule has 0 bridgehead atoms. The molecule has 202 valence electrons. The first kappa shape index (κ1) is 28.2. The van der Waals surface area contributed by atoms with Crippen LogP contribution in [-0.2, 0) is 26.0 Å². The number of aromatic hydroxyl groups is 1. The first-order valence-electron chi connectivity index (χ1n) is 13.6. The van der Waals surface area contributed by atoms with Crippen LogP contribution in [0.2, 0.25) is 0 Å². The highest BCUT2D eigenvalue weighted by Gasteiger charge is 2.42. The Bertz CT molecular complexity index is 1280. The van der Waals surface area contributed by atoms with Crippen molar-refractivity contribution in [1.29, 1.82) is 0 Å². The molecular weight excluding hydrogens is 480 g/mol. The maximum atomic E-state index is 14.2. The predicted molar refractivity (Wildman–Crippen MR) is 159 cm³/mol. The number of hydrogen-bond donors (Lipinski definition) is 1. The van der Waals surface area contributed by atoms with Gasteiger partial charge < -0.3 is 9.84 Å². The average molecular weight is 521 g/mol. The SMILES string of the molecule is CC(C(=O)OC(c1ccccc1)(c1ccccc1)c1ccccc1)c1cc(C(C)(C)C)c(O)c(C(C)(C)C)c1. The summed E-state index contributed by atoms with van der Waals surface area (Å²) in [6, 6.07) is 33.7. The van der Waals surface area contributed by atoms with Crippen molar-refractivity contribution in [3.63, 3.8) is 0 Å². The maximum Gasteiger partial charge on any atom is 0.314 e. The van der Waals surface area contributed by atoms with Gasteiger partial charge in [0, 0.05) is 16.7 Å². The fourth-order valence-corrected chi connectivity index (χ4v) is 5.12. The molecule has 4 aromatic carbocycles. The molecule has 4 aromatic rings. The number of benzene rings is 4. The summed E-state index contributed by atoms with van der Waals surface area (Å²) >= 11 is 0. The molecule has 0 saturated carbocycles. The third-order valence-electron chi connectivity index (χ3n) is 7.40. The topological polar surface area (TPSA) is 46.5 Å². The predicted octanol–water partition coefficient (Wildman–Crippen LogP) is 8.63. The third-order valence-corrected chi connectivity index (χ3v) is 7.40. The summed E-state index contributed by atoms with van der Waals surface area (Å²) in [6.45, 7) is 14.3. The first-order chi connectivity index (χ1) is 18.4. The smallest absolute Gasteiger partial charge is 0.314 e. The van der Waals surface area contributed by atoms with E-state index in [9.17, 15) is 9.90 Å². The lowest BCUT2D eigenvalue weighted by atomic mass is 9.77. The molecule has 1 N–H and O–H groups in total. The molecule has 0 aliphatic carbocycles. The number of ether oxygens (including phenoxy) is 1. The van der Waals surface area contributed by atoms with Crippen LogP contribution < -0.4 is 0 Å². The van der Waals surface area contributed by atoms with Gasteiger partial charge >= 0.3 is 5.97 Å². The van der Waals surface area contributed by atoms with Crippen molar-refractivity contribution in [3.8, 4) is 5.75 Å². The number of phenols is 1. The van der Waals surface area contributed by atoms with Gasteiger partial charge in [-0.05, 0) is 34.4 Å². The van der Waals surface area contributed by atoms with E-state index >= 15 is 0 Å². The molecule has 3 heteroatoms. The van der Waals surface area contributed by atoms with Crippen molar-refractivity contribution in [2.45, 2.75) is 70.8 Å². The minimum absolute atomic E-state index is 0.298. The van der Waals surface area contributed by atoms with Gasteiger partial charge in [0.25, 0.3) is 0 Å². The van der Waals surface area contributed by atoms with Crippen molar-refractivity contribution in [1.82, 2.24) is 0 Å². The van der Waals surface area contributed by atoms with Crippen LogP contribution in [0.3, 0.4) is 0 Å². The number of carbonyl (C=O) groups is 1. The Hall–Kier alpha value is -3.85. The van der Waals surface area contributed by atoms with Crippen LogP contribution in [0.25, 0.3) is 0 Å². The van der Waals surface area contributed by atoms with Crippen molar-refractivity contribution in [3.05, 3.63) is 137 Å². The number of rotatable bonds is 6. The van der Waals surface area contributed by atoms with Gasteiger partial charge in [-0.2, -0.15) is 0 Å². The highest BCUT2D eigenvalue weighted by molar-refractivity contribution is 5.80. The Morgan fingerprint density at radius 1 is 0.641 bits per heavy atom. The zero-order valence-corrected chi connectivity index (χ0v) is 24.2. The minimum atomic E-state index is -1.13. The summed E-state index contributed by atoms with van der Waals surface area (Å²) in [4.78, 5) is 14.2. The monoisotopic (exact) mass is 520 g/mol. The quantitative estimate of drug-likeness (QED) is 0.204. The lowest BCUT2D eigenvalue weighted by Gasteiger charge is -2.36. The third kappa shape index (κ3) is 5.63. The highest BCUT2D eigenvalue weighted by atomic mass is 16.6. The lowest BCUT2D eigenvalue weighted by Crippen LogP contribution is -2.36. The van der Waals surface area contributed by atoms with Crippen molar-refractivity contribution in [2.75, 3.05) is 0 Å². The first-order valence-corrected chi connectivity index (χ1v) is 13.6. The van der Waals surface area contributed by atoms with E-state index in [0.717, 1.165) is 33.4 Å². The summed E-state index contributed by atoms with van der Waals surface area (Å²) in [6.07, 6.45) is 0. The Labute approximate surface area is 233 Å². The lowest BCUT2D eigenvalue weighted by molar-refractivity contribution is -0.155. The molecule has 1 atom stereocenters. The molecular formula is C36H40O3. The standard InChI is InChI=1S/C36H40O3/c1-25(26-23-30(34(2,3)4)32(37)31(24-26)35(5,6)7)33(38)39-36(27-17-11-8-12-18-27,28-19-13-9-14-20-28)29-21-15-10-16-22-29/h8-25,37H,1-7H3. The van der Waals surface area contributed by atoms with Gasteiger partial charge in [0.05, 0.1) is 5.92 Å². The summed E-state index contributed by atoms with van der Waals surface area (Å²) in [5.74, 6) is -0.605. The Morgan fingerprint density at radius 2 is 0.974 bits per heavy atom. The van der Waals surface area contributed by atoms with E-state index < -0.39 is 11.5 Å². The second-order valence-corrected chi connectivity index (χ2v) is 12.4. The molecule has 0 saturated heterocycles. The van der Waals surface area contributed by atoms with Gasteiger partial charge in [-0.1, -0.05) is 145 Å². The molecule has 0 heterocycles. The fourth-order valence-electron chi connectivity index (χ4n) is 5.12. The average Bonchev–Trinajstić information content (AvgIpc) is 2.91. The molecule has 0 aromatic heterocycles. The molecule has 0 radical (unpaired) electrons. The molecule has 0 amide bonds. The largest absolute Gasteiger partial charge is 0.507 e. The molecule has 0 spiro atoms. The minimum Gasteiger partial charge on any atom is -0.507 e. The van der Waals surface area contributed by atoms with Crippen LogP contribution in [-0.4, -0.2) is 11.1 Å².